The number of ether oxygens (including phenoxy) is 2. The molecule has 2 aromatic heterocycles. The van der Waals surface area contributed by atoms with E-state index in [-0.39, 0.29) is 34.8 Å². The van der Waals surface area contributed by atoms with Crippen LogP contribution in [0, 0.1) is 0 Å². The molecule has 9 heteroatoms. The van der Waals surface area contributed by atoms with Crippen molar-refractivity contribution in [3.05, 3.63) is 71.8 Å². The lowest BCUT2D eigenvalue weighted by Gasteiger charge is -2.12. The highest BCUT2D eigenvalue weighted by molar-refractivity contribution is 5.94. The lowest BCUT2D eigenvalue weighted by molar-refractivity contribution is -0.136. The number of rotatable bonds is 9. The van der Waals surface area contributed by atoms with Gasteiger partial charge in [-0.2, -0.15) is 23.3 Å². The van der Waals surface area contributed by atoms with Crippen LogP contribution in [0.5, 0.6) is 11.6 Å². The van der Waals surface area contributed by atoms with Crippen molar-refractivity contribution in [3.63, 3.8) is 0 Å². The fraction of sp³-hybridized carbons (Fsp3) is 0.269. The number of carbonyl (C=O) groups is 1. The Balaban J connectivity index is 1.55. The molecule has 0 saturated heterocycles. The third-order valence-corrected chi connectivity index (χ3v) is 5.45. The summed E-state index contributed by atoms with van der Waals surface area (Å²) < 4.78 is 54.3. The van der Waals surface area contributed by atoms with Gasteiger partial charge in [0, 0.05) is 25.1 Å². The number of ketones is 1. The number of halogens is 3. The van der Waals surface area contributed by atoms with Crippen LogP contribution in [0.15, 0.2) is 60.7 Å². The summed E-state index contributed by atoms with van der Waals surface area (Å²) in [6, 6.07) is 16.8. The predicted molar refractivity (Wildman–Crippen MR) is 125 cm³/mol. The first-order chi connectivity index (χ1) is 16.8. The maximum Gasteiger partial charge on any atom is 0.417 e. The lowest BCUT2D eigenvalue weighted by atomic mass is 10.0. The Kier molecular flexibility index (Phi) is 7.04. The zero-order valence-electron chi connectivity index (χ0n) is 19.3. The normalized spacial score (nSPS) is 11.6. The third-order valence-electron chi connectivity index (χ3n) is 5.45. The van der Waals surface area contributed by atoms with Gasteiger partial charge in [-0.05, 0) is 25.0 Å². The molecule has 0 radical (unpaired) electrons. The largest absolute Gasteiger partial charge is 0.494 e. The van der Waals surface area contributed by atoms with Crippen LogP contribution < -0.4 is 9.47 Å². The number of benzene rings is 2. The van der Waals surface area contributed by atoms with Crippen molar-refractivity contribution >= 4 is 16.8 Å². The topological polar surface area (TPSA) is 66.2 Å². The van der Waals surface area contributed by atoms with Crippen LogP contribution in [-0.4, -0.2) is 33.8 Å². The molecule has 4 aromatic rings. The average molecular weight is 483 g/mol. The number of nitrogens with zero attached hydrogens (tertiary/aromatic N) is 3. The first kappa shape index (κ1) is 24.3. The molecule has 2 heterocycles. The second kappa shape index (κ2) is 10.2. The van der Waals surface area contributed by atoms with Crippen molar-refractivity contribution in [2.24, 2.45) is 7.05 Å². The minimum Gasteiger partial charge on any atom is -0.494 e. The molecule has 35 heavy (non-hydrogen) atoms. The van der Waals surface area contributed by atoms with Crippen LogP contribution in [-0.2, 0) is 24.4 Å². The highest BCUT2D eigenvalue weighted by Crippen LogP contribution is 2.40. The molecule has 4 rings (SSSR count). The molecular weight excluding hydrogens is 459 g/mol. The Morgan fingerprint density at radius 1 is 1.03 bits per heavy atom. The molecule has 0 saturated carbocycles. The van der Waals surface area contributed by atoms with Gasteiger partial charge < -0.3 is 9.47 Å². The minimum absolute atomic E-state index is 0.0202. The van der Waals surface area contributed by atoms with Crippen molar-refractivity contribution < 1.29 is 27.4 Å². The molecule has 6 nitrogen and oxygen atoms in total. The van der Waals surface area contributed by atoms with Gasteiger partial charge in [-0.3, -0.25) is 4.79 Å². The number of aryl methyl sites for hydroxylation is 2. The summed E-state index contributed by atoms with van der Waals surface area (Å²) in [5, 5.41) is 4.16. The van der Waals surface area contributed by atoms with E-state index in [1.165, 1.54) is 11.7 Å². The van der Waals surface area contributed by atoms with Crippen LogP contribution in [0.2, 0.25) is 0 Å². The molecular formula is C26H24F3N3O3. The number of para-hydroxylation sites is 1. The summed E-state index contributed by atoms with van der Waals surface area (Å²) in [6.45, 7) is 1.99. The van der Waals surface area contributed by atoms with Gasteiger partial charge in [-0.25, -0.2) is 4.68 Å². The van der Waals surface area contributed by atoms with Gasteiger partial charge in [-0.15, -0.1) is 0 Å². The fourth-order valence-corrected chi connectivity index (χ4v) is 3.83. The summed E-state index contributed by atoms with van der Waals surface area (Å²) in [6.07, 6.45) is -4.08. The molecule has 0 amide bonds. The van der Waals surface area contributed by atoms with Gasteiger partial charge in [0.2, 0.25) is 5.88 Å². The van der Waals surface area contributed by atoms with E-state index < -0.39 is 18.3 Å². The number of hydrogen-bond acceptors (Lipinski definition) is 5. The quantitative estimate of drug-likeness (QED) is 0.309. The van der Waals surface area contributed by atoms with Crippen LogP contribution in [0.1, 0.15) is 24.5 Å². The molecule has 0 aliphatic heterocycles. The van der Waals surface area contributed by atoms with Gasteiger partial charge in [0.1, 0.15) is 18.1 Å². The van der Waals surface area contributed by atoms with Gasteiger partial charge in [0.25, 0.3) is 0 Å². The number of carbonyl (C=O) groups excluding carboxylic acids is 1. The molecule has 2 aromatic carbocycles. The molecule has 0 atom stereocenters. The van der Waals surface area contributed by atoms with Gasteiger partial charge in [0.15, 0.2) is 11.4 Å². The highest BCUT2D eigenvalue weighted by atomic mass is 19.4. The van der Waals surface area contributed by atoms with Crippen LogP contribution >= 0.6 is 0 Å². The number of pyridine rings is 1. The summed E-state index contributed by atoms with van der Waals surface area (Å²) in [4.78, 5) is 16.7. The van der Waals surface area contributed by atoms with E-state index in [0.717, 1.165) is 11.6 Å². The number of fused-ring (bicyclic) bond motifs is 1. The van der Waals surface area contributed by atoms with Crippen molar-refractivity contribution in [1.29, 1.82) is 0 Å². The Morgan fingerprint density at radius 3 is 2.46 bits per heavy atom. The SMILES string of the molecule is CCOc1ccccc1CCC(=O)COc1cc(C(F)(F)F)c2c(-c3ccccc3)nn(C)c2n1. The Labute approximate surface area is 200 Å². The molecule has 0 aliphatic carbocycles. The van der Waals surface area contributed by atoms with Crippen LogP contribution in [0.4, 0.5) is 13.2 Å². The first-order valence-electron chi connectivity index (χ1n) is 11.1. The Bertz CT molecular complexity index is 1330. The maximum atomic E-state index is 14.0. The van der Waals surface area contributed by atoms with Crippen molar-refractivity contribution in [2.75, 3.05) is 13.2 Å². The minimum atomic E-state index is -4.67. The van der Waals surface area contributed by atoms with Crippen LogP contribution in [0.3, 0.4) is 0 Å². The zero-order valence-corrected chi connectivity index (χ0v) is 19.3. The van der Waals surface area contributed by atoms with Crippen molar-refractivity contribution in [3.8, 4) is 22.9 Å². The molecule has 0 unspecified atom stereocenters. The van der Waals surface area contributed by atoms with E-state index >= 15 is 0 Å². The van der Waals surface area contributed by atoms with Gasteiger partial charge in [0.05, 0.1) is 17.6 Å². The summed E-state index contributed by atoms with van der Waals surface area (Å²) in [5.41, 5.74) is 0.708. The van der Waals surface area contributed by atoms with E-state index in [1.807, 2.05) is 31.2 Å². The molecule has 0 fully saturated rings. The molecule has 182 valence electrons. The highest BCUT2D eigenvalue weighted by Gasteiger charge is 2.36. The zero-order chi connectivity index (χ0) is 25.0. The molecule has 0 aliphatic rings. The third kappa shape index (κ3) is 5.45. The summed E-state index contributed by atoms with van der Waals surface area (Å²) in [5.74, 6) is 0.160. The average Bonchev–Trinajstić information content (AvgIpc) is 3.18. The van der Waals surface area contributed by atoms with Gasteiger partial charge >= 0.3 is 6.18 Å². The van der Waals surface area contributed by atoms with Gasteiger partial charge in [-0.1, -0.05) is 48.5 Å². The molecule has 0 N–H and O–H groups in total. The van der Waals surface area contributed by atoms with E-state index in [9.17, 15) is 18.0 Å². The maximum absolute atomic E-state index is 14.0. The number of alkyl halides is 3. The predicted octanol–water partition coefficient (Wildman–Crippen LogP) is 5.63. The van der Waals surface area contributed by atoms with E-state index in [2.05, 4.69) is 10.1 Å². The standard InChI is InChI=1S/C26H24F3N3O3/c1-3-34-21-12-8-7-9-17(21)13-14-19(33)16-35-22-15-20(26(27,28)29)23-24(18-10-5-4-6-11-18)31-32(2)25(23)30-22/h4-12,15H,3,13-14,16H2,1-2H3. The van der Waals surface area contributed by atoms with Crippen molar-refractivity contribution in [1.82, 2.24) is 14.8 Å². The number of aromatic nitrogens is 3. The second-order valence-corrected chi connectivity index (χ2v) is 7.91. The number of hydrogen-bond donors (Lipinski definition) is 0. The molecule has 0 spiro atoms. The first-order valence-corrected chi connectivity index (χ1v) is 11.1. The fourth-order valence-electron chi connectivity index (χ4n) is 3.83. The van der Waals surface area contributed by atoms with E-state index in [4.69, 9.17) is 9.47 Å². The molecule has 0 bridgehead atoms. The summed E-state index contributed by atoms with van der Waals surface area (Å²) in [7, 11) is 1.52. The Morgan fingerprint density at radius 2 is 1.74 bits per heavy atom. The monoisotopic (exact) mass is 483 g/mol. The summed E-state index contributed by atoms with van der Waals surface area (Å²) >= 11 is 0. The van der Waals surface area contributed by atoms with Crippen LogP contribution in [0.25, 0.3) is 22.3 Å². The van der Waals surface area contributed by atoms with E-state index in [0.29, 0.717) is 24.3 Å². The van der Waals surface area contributed by atoms with E-state index in [1.54, 1.807) is 30.3 Å². The lowest BCUT2D eigenvalue weighted by Crippen LogP contribution is -2.14. The Hall–Kier alpha value is -3.88. The smallest absolute Gasteiger partial charge is 0.417 e. The second-order valence-electron chi connectivity index (χ2n) is 7.91. The van der Waals surface area contributed by atoms with Crippen molar-refractivity contribution in [2.45, 2.75) is 25.9 Å². The number of Topliss-reactive ketones (excluding diaryl/α,β-unsaturated/α-hetero) is 1.